The van der Waals surface area contributed by atoms with Crippen LogP contribution in [0.3, 0.4) is 0 Å². The zero-order valence-electron chi connectivity index (χ0n) is 8.88. The van der Waals surface area contributed by atoms with Crippen molar-refractivity contribution in [1.29, 1.82) is 0 Å². The van der Waals surface area contributed by atoms with Gasteiger partial charge in [0.15, 0.2) is 5.82 Å². The zero-order valence-corrected chi connectivity index (χ0v) is 8.88. The fraction of sp³-hybridized carbons (Fsp3) is 0.778. The fourth-order valence-electron chi connectivity index (χ4n) is 0.839. The van der Waals surface area contributed by atoms with E-state index in [1.807, 2.05) is 14.0 Å². The highest BCUT2D eigenvalue weighted by molar-refractivity contribution is 5.01. The normalized spacial score (nSPS) is 14.5. The Morgan fingerprint density at radius 1 is 1.38 bits per heavy atom. The average Bonchev–Trinajstić information content (AvgIpc) is 2.50. The molecule has 0 saturated heterocycles. The highest BCUT2D eigenvalue weighted by atomic mass is 16.5. The van der Waals surface area contributed by atoms with Gasteiger partial charge in [-0.3, -0.25) is 0 Å². The van der Waals surface area contributed by atoms with Gasteiger partial charge in [0.25, 0.3) is 0 Å². The number of hydrogen-bond donors (Lipinski definition) is 1. The molecule has 4 nitrogen and oxygen atoms in total. The number of aromatic nitrogens is 2. The molecule has 0 fully saturated rings. The van der Waals surface area contributed by atoms with Gasteiger partial charge in [0.2, 0.25) is 5.89 Å². The van der Waals surface area contributed by atoms with Crippen LogP contribution in [0, 0.1) is 0 Å². The van der Waals surface area contributed by atoms with Crippen LogP contribution in [0.2, 0.25) is 0 Å². The summed E-state index contributed by atoms with van der Waals surface area (Å²) >= 11 is 0. The Labute approximate surface area is 78.7 Å². The summed E-state index contributed by atoms with van der Waals surface area (Å²) in [5.41, 5.74) is -0.0464. The van der Waals surface area contributed by atoms with Crippen LogP contribution in [0.15, 0.2) is 4.52 Å². The minimum atomic E-state index is -0.0464. The van der Waals surface area contributed by atoms with Crippen LogP contribution >= 0.6 is 0 Å². The monoisotopic (exact) mass is 183 g/mol. The van der Waals surface area contributed by atoms with E-state index in [2.05, 4.69) is 36.2 Å². The van der Waals surface area contributed by atoms with Gasteiger partial charge in [-0.15, -0.1) is 0 Å². The van der Waals surface area contributed by atoms with Crippen molar-refractivity contribution >= 4 is 0 Å². The topological polar surface area (TPSA) is 51.0 Å². The lowest BCUT2D eigenvalue weighted by atomic mass is 9.96. The molecular formula is C9H17N3O. The summed E-state index contributed by atoms with van der Waals surface area (Å²) in [6.07, 6.45) is 0. The summed E-state index contributed by atoms with van der Waals surface area (Å²) in [7, 11) is 1.87. The van der Waals surface area contributed by atoms with Crippen molar-refractivity contribution < 1.29 is 4.52 Å². The SMILES string of the molecule is CN[C@@H](C)c1nc(C(C)(C)C)no1. The highest BCUT2D eigenvalue weighted by Crippen LogP contribution is 2.20. The van der Waals surface area contributed by atoms with E-state index < -0.39 is 0 Å². The molecule has 74 valence electrons. The maximum Gasteiger partial charge on any atom is 0.243 e. The van der Waals surface area contributed by atoms with Gasteiger partial charge in [0.1, 0.15) is 0 Å². The molecule has 0 aromatic carbocycles. The molecule has 0 aliphatic rings. The Hall–Kier alpha value is -0.900. The molecule has 1 rings (SSSR count). The van der Waals surface area contributed by atoms with Gasteiger partial charge in [-0.25, -0.2) is 0 Å². The third-order valence-corrected chi connectivity index (χ3v) is 1.92. The zero-order chi connectivity index (χ0) is 10.1. The summed E-state index contributed by atoms with van der Waals surface area (Å²) in [4.78, 5) is 4.31. The van der Waals surface area contributed by atoms with Crippen LogP contribution in [0.5, 0.6) is 0 Å². The maximum absolute atomic E-state index is 5.12. The van der Waals surface area contributed by atoms with Crippen molar-refractivity contribution in [1.82, 2.24) is 15.5 Å². The number of rotatable bonds is 2. The molecule has 0 radical (unpaired) electrons. The molecule has 1 aromatic heterocycles. The van der Waals surface area contributed by atoms with E-state index in [1.165, 1.54) is 0 Å². The molecule has 1 atom stereocenters. The second-order valence-corrected chi connectivity index (χ2v) is 4.22. The van der Waals surface area contributed by atoms with Crippen molar-refractivity contribution in [3.8, 4) is 0 Å². The first-order valence-electron chi connectivity index (χ1n) is 4.46. The van der Waals surface area contributed by atoms with Crippen molar-refractivity contribution in [2.24, 2.45) is 0 Å². The van der Waals surface area contributed by atoms with Crippen LogP contribution in [0.1, 0.15) is 45.5 Å². The van der Waals surface area contributed by atoms with E-state index in [0.717, 1.165) is 5.82 Å². The highest BCUT2D eigenvalue weighted by Gasteiger charge is 2.22. The Balaban J connectivity index is 2.87. The summed E-state index contributed by atoms with van der Waals surface area (Å²) in [6, 6.07) is 0.114. The molecule has 1 heterocycles. The van der Waals surface area contributed by atoms with E-state index in [4.69, 9.17) is 4.52 Å². The Kier molecular flexibility index (Phi) is 2.71. The minimum absolute atomic E-state index is 0.0464. The molecule has 0 bridgehead atoms. The molecule has 4 heteroatoms. The quantitative estimate of drug-likeness (QED) is 0.757. The molecule has 0 saturated carbocycles. The van der Waals surface area contributed by atoms with Crippen molar-refractivity contribution in [2.75, 3.05) is 7.05 Å². The largest absolute Gasteiger partial charge is 0.338 e. The lowest BCUT2D eigenvalue weighted by molar-refractivity contribution is 0.337. The van der Waals surface area contributed by atoms with Crippen LogP contribution in [-0.2, 0) is 5.41 Å². The number of nitrogens with zero attached hydrogens (tertiary/aromatic N) is 2. The van der Waals surface area contributed by atoms with E-state index in [9.17, 15) is 0 Å². The number of hydrogen-bond acceptors (Lipinski definition) is 4. The molecule has 0 aliphatic carbocycles. The third kappa shape index (κ3) is 2.28. The van der Waals surface area contributed by atoms with Crippen molar-refractivity contribution in [3.63, 3.8) is 0 Å². The summed E-state index contributed by atoms with van der Waals surface area (Å²) in [6.45, 7) is 8.17. The first-order valence-corrected chi connectivity index (χ1v) is 4.46. The van der Waals surface area contributed by atoms with Crippen molar-refractivity contribution in [2.45, 2.75) is 39.2 Å². The Bertz CT molecular complexity index is 275. The van der Waals surface area contributed by atoms with E-state index >= 15 is 0 Å². The third-order valence-electron chi connectivity index (χ3n) is 1.92. The number of nitrogens with one attached hydrogen (secondary N) is 1. The predicted molar refractivity (Wildman–Crippen MR) is 50.5 cm³/mol. The second-order valence-electron chi connectivity index (χ2n) is 4.22. The minimum Gasteiger partial charge on any atom is -0.338 e. The molecule has 0 amide bonds. The van der Waals surface area contributed by atoms with Gasteiger partial charge in [-0.05, 0) is 14.0 Å². The standard InChI is InChI=1S/C9H17N3O/c1-6(10-5)7-11-8(12-13-7)9(2,3)4/h6,10H,1-5H3/t6-/m0/s1. The smallest absolute Gasteiger partial charge is 0.243 e. The first-order chi connectivity index (χ1) is 5.95. The Morgan fingerprint density at radius 2 is 2.00 bits per heavy atom. The van der Waals surface area contributed by atoms with Gasteiger partial charge in [0.05, 0.1) is 6.04 Å². The van der Waals surface area contributed by atoms with Gasteiger partial charge in [0, 0.05) is 5.41 Å². The fourth-order valence-corrected chi connectivity index (χ4v) is 0.839. The van der Waals surface area contributed by atoms with Crippen LogP contribution in [-0.4, -0.2) is 17.2 Å². The average molecular weight is 183 g/mol. The van der Waals surface area contributed by atoms with Gasteiger partial charge in [-0.1, -0.05) is 25.9 Å². The Morgan fingerprint density at radius 3 is 2.38 bits per heavy atom. The molecular weight excluding hydrogens is 166 g/mol. The van der Waals surface area contributed by atoms with Crippen LogP contribution in [0.4, 0.5) is 0 Å². The maximum atomic E-state index is 5.12. The molecule has 0 unspecified atom stereocenters. The van der Waals surface area contributed by atoms with Crippen LogP contribution < -0.4 is 5.32 Å². The lowest BCUT2D eigenvalue weighted by Crippen LogP contribution is -2.15. The molecule has 13 heavy (non-hydrogen) atoms. The molecule has 1 N–H and O–H groups in total. The van der Waals surface area contributed by atoms with E-state index in [0.29, 0.717) is 5.89 Å². The van der Waals surface area contributed by atoms with Gasteiger partial charge in [-0.2, -0.15) is 4.98 Å². The predicted octanol–water partition coefficient (Wildman–Crippen LogP) is 1.65. The lowest BCUT2D eigenvalue weighted by Gasteiger charge is -2.11. The van der Waals surface area contributed by atoms with E-state index in [-0.39, 0.29) is 11.5 Å². The summed E-state index contributed by atoms with van der Waals surface area (Å²) < 4.78 is 5.12. The van der Waals surface area contributed by atoms with E-state index in [1.54, 1.807) is 0 Å². The molecule has 1 aromatic rings. The first kappa shape index (κ1) is 10.2. The van der Waals surface area contributed by atoms with Gasteiger partial charge < -0.3 is 9.84 Å². The van der Waals surface area contributed by atoms with Crippen LogP contribution in [0.25, 0.3) is 0 Å². The summed E-state index contributed by atoms with van der Waals surface area (Å²) in [5.74, 6) is 1.40. The molecule has 0 spiro atoms. The van der Waals surface area contributed by atoms with Crippen molar-refractivity contribution in [3.05, 3.63) is 11.7 Å². The van der Waals surface area contributed by atoms with Gasteiger partial charge >= 0.3 is 0 Å². The second kappa shape index (κ2) is 3.46. The summed E-state index contributed by atoms with van der Waals surface area (Å²) in [5, 5.41) is 6.98. The molecule has 0 aliphatic heterocycles.